The zero-order valence-corrected chi connectivity index (χ0v) is 11.3. The molecule has 0 aliphatic heterocycles. The van der Waals surface area contributed by atoms with Crippen LogP contribution in [0.3, 0.4) is 0 Å². The SMILES string of the molecule is NS(=O)(=O)c1cc(C(=O)O)c(NC(=O)C(F)(F)F)cc1Cl. The summed E-state index contributed by atoms with van der Waals surface area (Å²) in [7, 11) is -4.39. The van der Waals surface area contributed by atoms with Crippen LogP contribution in [0.15, 0.2) is 17.0 Å². The molecule has 1 aromatic rings. The van der Waals surface area contributed by atoms with E-state index in [1.54, 1.807) is 0 Å². The van der Waals surface area contributed by atoms with E-state index >= 15 is 0 Å². The van der Waals surface area contributed by atoms with Gasteiger partial charge in [0.1, 0.15) is 4.90 Å². The normalized spacial score (nSPS) is 12.0. The van der Waals surface area contributed by atoms with Crippen LogP contribution in [0, 0.1) is 0 Å². The first-order chi connectivity index (χ1) is 9.34. The average molecular weight is 347 g/mol. The van der Waals surface area contributed by atoms with Crippen molar-refractivity contribution < 1.29 is 36.3 Å². The zero-order chi connectivity index (χ0) is 16.6. The molecular formula is C9H6ClF3N2O5S. The number of hydrogen-bond acceptors (Lipinski definition) is 4. The number of halogens is 4. The molecule has 1 rings (SSSR count). The van der Waals surface area contributed by atoms with E-state index in [-0.39, 0.29) is 0 Å². The first-order valence-electron chi connectivity index (χ1n) is 4.82. The number of hydrogen-bond donors (Lipinski definition) is 3. The third-order valence-corrected chi connectivity index (χ3v) is 3.49. The third-order valence-electron chi connectivity index (χ3n) is 2.11. The molecule has 7 nitrogen and oxygen atoms in total. The van der Waals surface area contributed by atoms with Gasteiger partial charge in [-0.2, -0.15) is 13.2 Å². The number of primary sulfonamides is 1. The van der Waals surface area contributed by atoms with Crippen molar-refractivity contribution in [2.45, 2.75) is 11.1 Å². The van der Waals surface area contributed by atoms with E-state index in [1.807, 2.05) is 0 Å². The van der Waals surface area contributed by atoms with Crippen LogP contribution >= 0.6 is 11.6 Å². The Kier molecular flexibility index (Phi) is 4.51. The zero-order valence-electron chi connectivity index (χ0n) is 9.73. The van der Waals surface area contributed by atoms with Gasteiger partial charge in [-0.05, 0) is 12.1 Å². The van der Waals surface area contributed by atoms with Crippen LogP contribution in [-0.2, 0) is 14.8 Å². The molecule has 0 unspecified atom stereocenters. The lowest BCUT2D eigenvalue weighted by Crippen LogP contribution is -2.30. The van der Waals surface area contributed by atoms with E-state index in [0.29, 0.717) is 12.1 Å². The summed E-state index contributed by atoms with van der Waals surface area (Å²) < 4.78 is 58.7. The number of nitrogens with one attached hydrogen (secondary N) is 1. The lowest BCUT2D eigenvalue weighted by Gasteiger charge is -2.12. The molecule has 0 saturated carbocycles. The van der Waals surface area contributed by atoms with E-state index < -0.39 is 49.2 Å². The first kappa shape index (κ1) is 17.2. The van der Waals surface area contributed by atoms with Gasteiger partial charge in [0.2, 0.25) is 10.0 Å². The van der Waals surface area contributed by atoms with E-state index in [1.165, 1.54) is 5.32 Å². The second kappa shape index (κ2) is 5.50. The highest BCUT2D eigenvalue weighted by atomic mass is 35.5. The highest BCUT2D eigenvalue weighted by Crippen LogP contribution is 2.29. The molecule has 0 bridgehead atoms. The van der Waals surface area contributed by atoms with Crippen LogP contribution in [-0.4, -0.2) is 31.6 Å². The molecule has 116 valence electrons. The molecule has 0 fully saturated rings. The Morgan fingerprint density at radius 1 is 1.29 bits per heavy atom. The van der Waals surface area contributed by atoms with Crippen LogP contribution in [0.1, 0.15) is 10.4 Å². The van der Waals surface area contributed by atoms with Gasteiger partial charge in [0.05, 0.1) is 16.3 Å². The van der Waals surface area contributed by atoms with Crippen molar-refractivity contribution in [3.8, 4) is 0 Å². The summed E-state index contributed by atoms with van der Waals surface area (Å²) in [5, 5.41) is 14.3. The van der Waals surface area contributed by atoms with Crippen molar-refractivity contribution >= 4 is 39.2 Å². The first-order valence-corrected chi connectivity index (χ1v) is 6.74. The van der Waals surface area contributed by atoms with Crippen molar-refractivity contribution in [1.29, 1.82) is 0 Å². The Balaban J connectivity index is 3.44. The van der Waals surface area contributed by atoms with Gasteiger partial charge in [-0.1, -0.05) is 11.6 Å². The predicted octanol–water partition coefficient (Wildman–Crippen LogP) is 1.19. The van der Waals surface area contributed by atoms with Crippen molar-refractivity contribution in [3.63, 3.8) is 0 Å². The minimum Gasteiger partial charge on any atom is -0.478 e. The predicted molar refractivity (Wildman–Crippen MR) is 64.5 cm³/mol. The van der Waals surface area contributed by atoms with Crippen LogP contribution in [0.25, 0.3) is 0 Å². The summed E-state index contributed by atoms with van der Waals surface area (Å²) in [6, 6.07) is 1.00. The molecule has 0 aromatic heterocycles. The number of benzene rings is 1. The number of nitrogens with two attached hydrogens (primary N) is 1. The molecule has 0 radical (unpaired) electrons. The minimum atomic E-state index is -5.26. The van der Waals surface area contributed by atoms with E-state index in [4.69, 9.17) is 21.8 Å². The summed E-state index contributed by atoms with van der Waals surface area (Å²) in [5.41, 5.74) is -1.73. The van der Waals surface area contributed by atoms with E-state index in [0.717, 1.165) is 0 Å². The smallest absolute Gasteiger partial charge is 0.471 e. The van der Waals surface area contributed by atoms with Crippen molar-refractivity contribution in [2.24, 2.45) is 5.14 Å². The van der Waals surface area contributed by atoms with Crippen molar-refractivity contribution in [1.82, 2.24) is 0 Å². The third kappa shape index (κ3) is 4.06. The quantitative estimate of drug-likeness (QED) is 0.757. The maximum Gasteiger partial charge on any atom is 0.471 e. The molecule has 4 N–H and O–H groups in total. The fraction of sp³-hybridized carbons (Fsp3) is 0.111. The fourth-order valence-corrected chi connectivity index (χ4v) is 2.34. The van der Waals surface area contributed by atoms with E-state index in [9.17, 15) is 31.2 Å². The Bertz CT molecular complexity index is 717. The number of carboxylic acid groups (broad SMARTS) is 1. The summed E-state index contributed by atoms with van der Waals surface area (Å²) >= 11 is 5.50. The number of alkyl halides is 3. The van der Waals surface area contributed by atoms with Gasteiger partial charge in [-0.3, -0.25) is 4.79 Å². The molecular weight excluding hydrogens is 341 g/mol. The number of carbonyl (C=O) groups excluding carboxylic acids is 1. The lowest BCUT2D eigenvalue weighted by molar-refractivity contribution is -0.167. The van der Waals surface area contributed by atoms with Gasteiger partial charge in [-0.25, -0.2) is 18.4 Å². The number of rotatable bonds is 3. The van der Waals surface area contributed by atoms with Gasteiger partial charge in [-0.15, -0.1) is 0 Å². The van der Waals surface area contributed by atoms with Gasteiger partial charge in [0, 0.05) is 0 Å². The Morgan fingerprint density at radius 2 is 1.81 bits per heavy atom. The number of aromatic carboxylic acids is 1. The second-order valence-electron chi connectivity index (χ2n) is 3.63. The monoisotopic (exact) mass is 346 g/mol. The van der Waals surface area contributed by atoms with Crippen LogP contribution in [0.5, 0.6) is 0 Å². The minimum absolute atomic E-state index is 0.450. The van der Waals surface area contributed by atoms with Crippen molar-refractivity contribution in [3.05, 3.63) is 22.7 Å². The summed E-state index contributed by atoms with van der Waals surface area (Å²) in [6.45, 7) is 0. The van der Waals surface area contributed by atoms with Crippen molar-refractivity contribution in [2.75, 3.05) is 5.32 Å². The number of amides is 1. The van der Waals surface area contributed by atoms with Gasteiger partial charge < -0.3 is 10.4 Å². The lowest BCUT2D eigenvalue weighted by atomic mass is 10.1. The summed E-state index contributed by atoms with van der Waals surface area (Å²) in [6.07, 6.45) is -5.26. The Morgan fingerprint density at radius 3 is 2.19 bits per heavy atom. The standard InChI is InChI=1S/C9H6ClF3N2O5S/c10-4-2-5(15-8(18)9(11,12)13)3(7(16)17)1-6(4)21(14,19)20/h1-2H,(H,15,18)(H,16,17)(H2,14,19,20). The molecule has 1 aromatic carbocycles. The number of carboxylic acids is 1. The van der Waals surface area contributed by atoms with E-state index in [2.05, 4.69) is 0 Å². The van der Waals surface area contributed by atoms with Gasteiger partial charge >= 0.3 is 18.1 Å². The number of carbonyl (C=O) groups is 2. The summed E-state index contributed by atoms with van der Waals surface area (Å²) in [5.74, 6) is -4.22. The Labute approximate surface area is 120 Å². The Hall–Kier alpha value is -1.85. The molecule has 21 heavy (non-hydrogen) atoms. The molecule has 0 spiro atoms. The van der Waals surface area contributed by atoms with Gasteiger partial charge in [0.15, 0.2) is 0 Å². The maximum atomic E-state index is 12.1. The molecule has 1 amide bonds. The number of sulfonamides is 1. The molecule has 0 heterocycles. The molecule has 0 atom stereocenters. The van der Waals surface area contributed by atoms with Crippen LogP contribution < -0.4 is 10.5 Å². The maximum absolute atomic E-state index is 12.1. The topological polar surface area (TPSA) is 127 Å². The number of anilines is 1. The second-order valence-corrected chi connectivity index (χ2v) is 5.57. The molecule has 0 aliphatic rings. The van der Waals surface area contributed by atoms with Crippen LogP contribution in [0.4, 0.5) is 18.9 Å². The van der Waals surface area contributed by atoms with Gasteiger partial charge in [0.25, 0.3) is 0 Å². The highest BCUT2D eigenvalue weighted by Gasteiger charge is 2.39. The summed E-state index contributed by atoms with van der Waals surface area (Å²) in [4.78, 5) is 20.9. The average Bonchev–Trinajstić information content (AvgIpc) is 2.25. The largest absolute Gasteiger partial charge is 0.478 e. The van der Waals surface area contributed by atoms with Crippen LogP contribution in [0.2, 0.25) is 5.02 Å². The molecule has 0 saturated heterocycles. The highest BCUT2D eigenvalue weighted by molar-refractivity contribution is 7.89. The fourth-order valence-electron chi connectivity index (χ4n) is 1.24. The molecule has 12 heteroatoms. The molecule has 0 aliphatic carbocycles.